The van der Waals surface area contributed by atoms with Crippen LogP contribution in [0.1, 0.15) is 13.8 Å². The summed E-state index contributed by atoms with van der Waals surface area (Å²) in [5.74, 6) is 0.858. The fraction of sp³-hybridized carbons (Fsp3) is 0.538. The third-order valence-corrected chi connectivity index (χ3v) is 4.84. The highest BCUT2D eigenvalue weighted by Gasteiger charge is 2.27. The lowest BCUT2D eigenvalue weighted by Gasteiger charge is -2.40. The summed E-state index contributed by atoms with van der Waals surface area (Å²) in [7, 11) is -0.890. The van der Waals surface area contributed by atoms with E-state index in [1.807, 2.05) is 17.3 Å². The van der Waals surface area contributed by atoms with Crippen LogP contribution in [0.25, 0.3) is 0 Å². The molecule has 0 aromatic heterocycles. The van der Waals surface area contributed by atoms with Crippen molar-refractivity contribution in [2.75, 3.05) is 36.0 Å². The summed E-state index contributed by atoms with van der Waals surface area (Å²) in [4.78, 5) is 2.14. The third kappa shape index (κ3) is 3.01. The SMILES string of the molecule is CCS(=O)N1CCN(c2ccc(N)cc2O)[C@@H](C)C1. The maximum Gasteiger partial charge on any atom is 0.140 e. The Bertz CT molecular complexity index is 481. The molecule has 3 N–H and O–H groups in total. The molecular weight excluding hydrogens is 262 g/mol. The Kier molecular flexibility index (Phi) is 4.31. The molecule has 0 spiro atoms. The summed E-state index contributed by atoms with van der Waals surface area (Å²) in [5.41, 5.74) is 6.99. The van der Waals surface area contributed by atoms with Crippen molar-refractivity contribution in [2.45, 2.75) is 19.9 Å². The van der Waals surface area contributed by atoms with Crippen LogP contribution in [0.4, 0.5) is 11.4 Å². The minimum atomic E-state index is -0.890. The van der Waals surface area contributed by atoms with E-state index in [4.69, 9.17) is 5.73 Å². The molecule has 5 nitrogen and oxygen atoms in total. The second kappa shape index (κ2) is 5.79. The van der Waals surface area contributed by atoms with Crippen LogP contribution in [0, 0.1) is 0 Å². The highest BCUT2D eigenvalue weighted by molar-refractivity contribution is 7.82. The van der Waals surface area contributed by atoms with Crippen molar-refractivity contribution in [1.29, 1.82) is 0 Å². The summed E-state index contributed by atoms with van der Waals surface area (Å²) in [6.45, 7) is 6.25. The molecule has 1 fully saturated rings. The first kappa shape index (κ1) is 14.1. The molecule has 6 heteroatoms. The summed E-state index contributed by atoms with van der Waals surface area (Å²) >= 11 is 0. The van der Waals surface area contributed by atoms with Gasteiger partial charge in [-0.05, 0) is 19.1 Å². The second-order valence-electron chi connectivity index (χ2n) is 4.79. The molecule has 1 aliphatic rings. The summed E-state index contributed by atoms with van der Waals surface area (Å²) in [6, 6.07) is 5.41. The zero-order valence-corrected chi connectivity index (χ0v) is 12.2. The number of aromatic hydroxyl groups is 1. The van der Waals surface area contributed by atoms with E-state index in [9.17, 15) is 9.32 Å². The molecule has 0 radical (unpaired) electrons. The predicted octanol–water partition coefficient (Wildman–Crippen LogP) is 1.17. The molecule has 106 valence electrons. The van der Waals surface area contributed by atoms with Gasteiger partial charge in [0.25, 0.3) is 0 Å². The quantitative estimate of drug-likeness (QED) is 0.817. The van der Waals surface area contributed by atoms with Gasteiger partial charge in [0.15, 0.2) is 0 Å². The van der Waals surface area contributed by atoms with Crippen LogP contribution >= 0.6 is 0 Å². The number of nitrogens with zero attached hydrogens (tertiary/aromatic N) is 2. The van der Waals surface area contributed by atoms with Crippen molar-refractivity contribution in [3.8, 4) is 5.75 Å². The fourth-order valence-electron chi connectivity index (χ4n) is 2.43. The third-order valence-electron chi connectivity index (χ3n) is 3.43. The lowest BCUT2D eigenvalue weighted by Crippen LogP contribution is -2.52. The smallest absolute Gasteiger partial charge is 0.140 e. The van der Waals surface area contributed by atoms with Gasteiger partial charge in [0, 0.05) is 43.2 Å². The molecule has 1 unspecified atom stereocenters. The minimum Gasteiger partial charge on any atom is -0.506 e. The highest BCUT2D eigenvalue weighted by Crippen LogP contribution is 2.31. The van der Waals surface area contributed by atoms with Crippen molar-refractivity contribution >= 4 is 22.4 Å². The molecule has 1 saturated heterocycles. The number of hydrogen-bond donors (Lipinski definition) is 2. The van der Waals surface area contributed by atoms with Crippen molar-refractivity contribution in [1.82, 2.24) is 4.31 Å². The van der Waals surface area contributed by atoms with Crippen LogP contribution in [0.15, 0.2) is 18.2 Å². The molecule has 0 amide bonds. The van der Waals surface area contributed by atoms with E-state index in [2.05, 4.69) is 11.8 Å². The van der Waals surface area contributed by atoms with Crippen LogP contribution < -0.4 is 10.6 Å². The van der Waals surface area contributed by atoms with E-state index >= 15 is 0 Å². The number of benzene rings is 1. The van der Waals surface area contributed by atoms with Gasteiger partial charge in [0.05, 0.1) is 16.7 Å². The van der Waals surface area contributed by atoms with E-state index < -0.39 is 11.0 Å². The first-order valence-corrected chi connectivity index (χ1v) is 7.79. The first-order chi connectivity index (χ1) is 9.02. The summed E-state index contributed by atoms with van der Waals surface area (Å²) in [6.07, 6.45) is 0. The van der Waals surface area contributed by atoms with Crippen molar-refractivity contribution in [2.24, 2.45) is 0 Å². The summed E-state index contributed by atoms with van der Waals surface area (Å²) < 4.78 is 13.8. The molecule has 1 aliphatic heterocycles. The normalized spacial score (nSPS) is 22.4. The van der Waals surface area contributed by atoms with Crippen LogP contribution in [0.5, 0.6) is 5.75 Å². The maximum absolute atomic E-state index is 11.8. The molecule has 19 heavy (non-hydrogen) atoms. The number of piperazine rings is 1. The fourth-order valence-corrected chi connectivity index (χ4v) is 3.47. The van der Waals surface area contributed by atoms with Crippen LogP contribution in [-0.4, -0.2) is 45.0 Å². The van der Waals surface area contributed by atoms with Crippen LogP contribution in [0.2, 0.25) is 0 Å². The molecule has 2 rings (SSSR count). The molecule has 0 saturated carbocycles. The number of hydrogen-bond acceptors (Lipinski definition) is 4. The van der Waals surface area contributed by atoms with Crippen LogP contribution in [-0.2, 0) is 11.0 Å². The summed E-state index contributed by atoms with van der Waals surface area (Å²) in [5, 5.41) is 9.99. The Morgan fingerprint density at radius 3 is 2.79 bits per heavy atom. The van der Waals surface area contributed by atoms with E-state index in [-0.39, 0.29) is 11.8 Å². The minimum absolute atomic E-state index is 0.205. The Balaban J connectivity index is 2.13. The maximum atomic E-state index is 11.8. The number of rotatable bonds is 3. The zero-order valence-electron chi connectivity index (χ0n) is 11.4. The van der Waals surface area contributed by atoms with Crippen molar-refractivity contribution < 1.29 is 9.32 Å². The van der Waals surface area contributed by atoms with Crippen molar-refractivity contribution in [3.05, 3.63) is 18.2 Å². The Morgan fingerprint density at radius 2 is 2.21 bits per heavy atom. The van der Waals surface area contributed by atoms with Gasteiger partial charge in [0.2, 0.25) is 0 Å². The lowest BCUT2D eigenvalue weighted by atomic mass is 10.1. The van der Waals surface area contributed by atoms with E-state index in [1.165, 1.54) is 0 Å². The molecule has 0 bridgehead atoms. The van der Waals surface area contributed by atoms with Gasteiger partial charge in [0.1, 0.15) is 5.75 Å². The van der Waals surface area contributed by atoms with Gasteiger partial charge in [-0.15, -0.1) is 0 Å². The Morgan fingerprint density at radius 1 is 1.47 bits per heavy atom. The predicted molar refractivity (Wildman–Crippen MR) is 79.6 cm³/mol. The molecule has 2 atom stereocenters. The number of nitrogen functional groups attached to an aromatic ring is 1. The van der Waals surface area contributed by atoms with Gasteiger partial charge >= 0.3 is 0 Å². The number of nitrogens with two attached hydrogens (primary N) is 1. The monoisotopic (exact) mass is 283 g/mol. The number of phenols is 1. The number of anilines is 2. The lowest BCUT2D eigenvalue weighted by molar-refractivity contribution is 0.357. The van der Waals surface area contributed by atoms with E-state index in [0.29, 0.717) is 11.4 Å². The average molecular weight is 283 g/mol. The van der Waals surface area contributed by atoms with E-state index in [0.717, 1.165) is 25.3 Å². The molecular formula is C13H21N3O2S. The zero-order chi connectivity index (χ0) is 14.0. The highest BCUT2D eigenvalue weighted by atomic mass is 32.2. The van der Waals surface area contributed by atoms with Gasteiger partial charge in [-0.2, -0.15) is 0 Å². The standard InChI is InChI=1S/C13H21N3O2S/c1-3-19(18)15-6-7-16(10(2)9-15)12-5-4-11(14)8-13(12)17/h4-5,8,10,17H,3,6-7,9,14H2,1-2H3/t10-,19?/m0/s1. The Labute approximate surface area is 116 Å². The average Bonchev–Trinajstić information content (AvgIpc) is 2.38. The molecule has 1 aromatic rings. The number of phenolic OH excluding ortho intramolecular Hbond substituents is 1. The van der Waals surface area contributed by atoms with Gasteiger partial charge in [-0.3, -0.25) is 0 Å². The second-order valence-corrected chi connectivity index (χ2v) is 6.53. The van der Waals surface area contributed by atoms with Crippen molar-refractivity contribution in [3.63, 3.8) is 0 Å². The molecule has 1 heterocycles. The molecule has 0 aliphatic carbocycles. The first-order valence-electron chi connectivity index (χ1n) is 6.51. The van der Waals surface area contributed by atoms with Gasteiger partial charge in [-0.25, -0.2) is 8.51 Å². The van der Waals surface area contributed by atoms with Crippen LogP contribution in [0.3, 0.4) is 0 Å². The van der Waals surface area contributed by atoms with Gasteiger partial charge in [-0.1, -0.05) is 6.92 Å². The van der Waals surface area contributed by atoms with Gasteiger partial charge < -0.3 is 15.7 Å². The topological polar surface area (TPSA) is 69.8 Å². The molecule has 1 aromatic carbocycles. The van der Waals surface area contributed by atoms with E-state index in [1.54, 1.807) is 12.1 Å². The Hall–Kier alpha value is -1.27. The largest absolute Gasteiger partial charge is 0.506 e.